The fourth-order valence-electron chi connectivity index (χ4n) is 2.93. The average Bonchev–Trinajstić information content (AvgIpc) is 2.86. The van der Waals surface area contributed by atoms with Crippen molar-refractivity contribution >= 4 is 21.7 Å². The number of hydrogen-bond acceptors (Lipinski definition) is 4. The summed E-state index contributed by atoms with van der Waals surface area (Å²) in [5, 5.41) is 0. The smallest absolute Gasteiger partial charge is 0.160 e. The number of methoxy groups -OCH3 is 1. The standard InChI is InChI=1S/C15H24BrN3O/c1-15(2,3)12(20-4)14-18-11(9-7-5-6-8-9)10(16)13(17)19-14/h9,12H,5-8H2,1-4H3,(H2,17,18,19). The van der Waals surface area contributed by atoms with Gasteiger partial charge in [-0.15, -0.1) is 0 Å². The largest absolute Gasteiger partial charge is 0.383 e. The van der Waals surface area contributed by atoms with Gasteiger partial charge in [0.05, 0.1) is 10.2 Å². The third kappa shape index (κ3) is 3.14. The van der Waals surface area contributed by atoms with Gasteiger partial charge in [0.1, 0.15) is 11.9 Å². The Balaban J connectivity index is 2.44. The maximum Gasteiger partial charge on any atom is 0.160 e. The van der Waals surface area contributed by atoms with E-state index in [4.69, 9.17) is 15.5 Å². The van der Waals surface area contributed by atoms with Gasteiger partial charge in [0.15, 0.2) is 5.82 Å². The van der Waals surface area contributed by atoms with Crippen LogP contribution in [0.1, 0.15) is 70.0 Å². The summed E-state index contributed by atoms with van der Waals surface area (Å²) in [7, 11) is 1.70. The van der Waals surface area contributed by atoms with Crippen LogP contribution in [0.25, 0.3) is 0 Å². The molecule has 1 fully saturated rings. The molecule has 1 heterocycles. The van der Waals surface area contributed by atoms with Crippen molar-refractivity contribution in [2.45, 2.75) is 58.5 Å². The Hall–Kier alpha value is -0.680. The summed E-state index contributed by atoms with van der Waals surface area (Å²) in [5.74, 6) is 1.71. The molecule has 0 saturated heterocycles. The summed E-state index contributed by atoms with van der Waals surface area (Å²) in [4.78, 5) is 9.23. The van der Waals surface area contributed by atoms with Crippen LogP contribution in [0.5, 0.6) is 0 Å². The van der Waals surface area contributed by atoms with Gasteiger partial charge in [-0.25, -0.2) is 9.97 Å². The van der Waals surface area contributed by atoms with Crippen molar-refractivity contribution in [1.29, 1.82) is 0 Å². The van der Waals surface area contributed by atoms with Gasteiger partial charge in [-0.3, -0.25) is 0 Å². The highest BCUT2D eigenvalue weighted by molar-refractivity contribution is 9.10. The number of hydrogen-bond donors (Lipinski definition) is 1. The number of ether oxygens (including phenoxy) is 1. The van der Waals surface area contributed by atoms with Gasteiger partial charge in [0.25, 0.3) is 0 Å². The number of nitrogen functional groups attached to an aromatic ring is 1. The molecule has 1 atom stereocenters. The Morgan fingerprint density at radius 2 is 1.85 bits per heavy atom. The van der Waals surface area contributed by atoms with E-state index in [9.17, 15) is 0 Å². The van der Waals surface area contributed by atoms with Gasteiger partial charge in [-0.2, -0.15) is 0 Å². The minimum absolute atomic E-state index is 0.0675. The molecule has 1 aromatic heterocycles. The van der Waals surface area contributed by atoms with Gasteiger partial charge in [-0.1, -0.05) is 33.6 Å². The summed E-state index contributed by atoms with van der Waals surface area (Å²) in [6.45, 7) is 6.37. The number of anilines is 1. The summed E-state index contributed by atoms with van der Waals surface area (Å²) in [6.07, 6.45) is 4.74. The van der Waals surface area contributed by atoms with Crippen LogP contribution in [0.2, 0.25) is 0 Å². The molecule has 4 nitrogen and oxygen atoms in total. The van der Waals surface area contributed by atoms with Crippen molar-refractivity contribution in [3.05, 3.63) is 16.0 Å². The van der Waals surface area contributed by atoms with E-state index in [1.165, 1.54) is 25.7 Å². The number of halogens is 1. The molecule has 20 heavy (non-hydrogen) atoms. The van der Waals surface area contributed by atoms with E-state index in [0.717, 1.165) is 10.2 Å². The zero-order chi connectivity index (χ0) is 14.9. The van der Waals surface area contributed by atoms with E-state index in [2.05, 4.69) is 41.7 Å². The molecule has 0 radical (unpaired) electrons. The average molecular weight is 342 g/mol. The third-order valence-corrected chi connectivity index (χ3v) is 4.73. The molecule has 0 aromatic carbocycles. The normalized spacial score (nSPS) is 18.4. The van der Waals surface area contributed by atoms with Crippen molar-refractivity contribution < 1.29 is 4.74 Å². The van der Waals surface area contributed by atoms with Crippen LogP contribution in [-0.4, -0.2) is 17.1 Å². The highest BCUT2D eigenvalue weighted by atomic mass is 79.9. The molecular weight excluding hydrogens is 318 g/mol. The molecule has 2 rings (SSSR count). The van der Waals surface area contributed by atoms with Gasteiger partial charge in [0.2, 0.25) is 0 Å². The van der Waals surface area contributed by atoms with E-state index < -0.39 is 0 Å². The molecule has 0 bridgehead atoms. The van der Waals surface area contributed by atoms with Crippen molar-refractivity contribution in [1.82, 2.24) is 9.97 Å². The summed E-state index contributed by atoms with van der Waals surface area (Å²) in [5.41, 5.74) is 7.06. The minimum Gasteiger partial charge on any atom is -0.383 e. The highest BCUT2D eigenvalue weighted by Gasteiger charge is 2.31. The maximum atomic E-state index is 6.07. The predicted octanol–water partition coefficient (Wildman–Crippen LogP) is 4.21. The van der Waals surface area contributed by atoms with E-state index in [1.54, 1.807) is 7.11 Å². The van der Waals surface area contributed by atoms with Crippen molar-refractivity contribution in [2.75, 3.05) is 12.8 Å². The first-order valence-corrected chi connectivity index (χ1v) is 7.99. The highest BCUT2D eigenvalue weighted by Crippen LogP contribution is 2.40. The Bertz CT molecular complexity index is 479. The second kappa shape index (κ2) is 5.98. The summed E-state index contributed by atoms with van der Waals surface area (Å²) >= 11 is 3.56. The lowest BCUT2D eigenvalue weighted by atomic mass is 9.88. The SMILES string of the molecule is COC(c1nc(N)c(Br)c(C2CCCC2)n1)C(C)(C)C. The van der Waals surface area contributed by atoms with E-state index in [1.807, 2.05) is 0 Å². The zero-order valence-corrected chi connectivity index (χ0v) is 14.3. The molecule has 0 amide bonds. The fourth-order valence-corrected chi connectivity index (χ4v) is 3.44. The molecule has 2 N–H and O–H groups in total. The van der Waals surface area contributed by atoms with Crippen LogP contribution >= 0.6 is 15.9 Å². The number of aromatic nitrogens is 2. The second-order valence-corrected chi connectivity index (χ2v) is 7.42. The molecule has 112 valence electrons. The Kier molecular flexibility index (Phi) is 4.69. The van der Waals surface area contributed by atoms with E-state index in [0.29, 0.717) is 17.6 Å². The lowest BCUT2D eigenvalue weighted by Gasteiger charge is -2.29. The number of rotatable bonds is 3. The van der Waals surface area contributed by atoms with Gasteiger partial charge in [0, 0.05) is 13.0 Å². The molecule has 0 spiro atoms. The molecule has 5 heteroatoms. The molecule has 1 aliphatic carbocycles. The lowest BCUT2D eigenvalue weighted by molar-refractivity contribution is 0.00854. The predicted molar refractivity (Wildman–Crippen MR) is 84.6 cm³/mol. The third-order valence-electron chi connectivity index (χ3n) is 3.92. The first-order valence-electron chi connectivity index (χ1n) is 7.20. The van der Waals surface area contributed by atoms with Crippen LogP contribution in [0, 0.1) is 5.41 Å². The van der Waals surface area contributed by atoms with Crippen LogP contribution in [-0.2, 0) is 4.74 Å². The van der Waals surface area contributed by atoms with E-state index >= 15 is 0 Å². The molecule has 0 aliphatic heterocycles. The van der Waals surface area contributed by atoms with Crippen molar-refractivity contribution in [3.63, 3.8) is 0 Å². The second-order valence-electron chi connectivity index (χ2n) is 6.63. The maximum absolute atomic E-state index is 6.07. The monoisotopic (exact) mass is 341 g/mol. The number of nitrogens with zero attached hydrogens (tertiary/aromatic N) is 2. The summed E-state index contributed by atoms with van der Waals surface area (Å²) < 4.78 is 6.48. The molecule has 1 aromatic rings. The lowest BCUT2D eigenvalue weighted by Crippen LogP contribution is -2.23. The first-order chi connectivity index (χ1) is 9.34. The zero-order valence-electron chi connectivity index (χ0n) is 12.7. The molecular formula is C15H24BrN3O. The van der Waals surface area contributed by atoms with Gasteiger partial charge in [-0.05, 0) is 34.2 Å². The summed E-state index contributed by atoms with van der Waals surface area (Å²) in [6, 6.07) is 0. The number of nitrogens with two attached hydrogens (primary N) is 1. The van der Waals surface area contributed by atoms with Crippen LogP contribution in [0.4, 0.5) is 5.82 Å². The van der Waals surface area contributed by atoms with Crippen molar-refractivity contribution in [2.24, 2.45) is 5.41 Å². The van der Waals surface area contributed by atoms with Crippen LogP contribution < -0.4 is 5.73 Å². The van der Waals surface area contributed by atoms with Gasteiger partial charge < -0.3 is 10.5 Å². The van der Waals surface area contributed by atoms with Crippen molar-refractivity contribution in [3.8, 4) is 0 Å². The molecule has 1 unspecified atom stereocenters. The Labute approximate surface area is 129 Å². The van der Waals surface area contributed by atoms with Crippen LogP contribution in [0.3, 0.4) is 0 Å². The Morgan fingerprint density at radius 3 is 2.35 bits per heavy atom. The van der Waals surface area contributed by atoms with Gasteiger partial charge >= 0.3 is 0 Å². The minimum atomic E-state index is -0.155. The van der Waals surface area contributed by atoms with E-state index in [-0.39, 0.29) is 11.5 Å². The molecule has 1 saturated carbocycles. The molecule has 1 aliphatic rings. The van der Waals surface area contributed by atoms with Crippen LogP contribution in [0.15, 0.2) is 4.47 Å². The quantitative estimate of drug-likeness (QED) is 0.894. The fraction of sp³-hybridized carbons (Fsp3) is 0.733. The topological polar surface area (TPSA) is 61.0 Å². The first kappa shape index (κ1) is 15.7. The Morgan fingerprint density at radius 1 is 1.25 bits per heavy atom.